The van der Waals surface area contributed by atoms with Crippen molar-refractivity contribution in [3.63, 3.8) is 0 Å². The zero-order valence-electron chi connectivity index (χ0n) is 10.6. The van der Waals surface area contributed by atoms with Gasteiger partial charge in [-0.25, -0.2) is 0 Å². The Balaban J connectivity index is 2.69. The second-order valence-corrected chi connectivity index (χ2v) is 4.41. The smallest absolute Gasteiger partial charge is 0.189 e. The number of nitrogens with one attached hydrogen (secondary N) is 1. The molecule has 0 saturated carbocycles. The normalized spacial score (nSPS) is 10.9. The van der Waals surface area contributed by atoms with Crippen molar-refractivity contribution in [1.82, 2.24) is 5.32 Å². The summed E-state index contributed by atoms with van der Waals surface area (Å²) in [5, 5.41) is 4.04. The molecule has 0 aliphatic rings. The summed E-state index contributed by atoms with van der Waals surface area (Å²) >= 11 is 6.16. The molecule has 0 radical (unpaired) electrons. The number of rotatable bonds is 7. The van der Waals surface area contributed by atoms with Gasteiger partial charge < -0.3 is 14.8 Å². The molecule has 0 aliphatic carbocycles. The van der Waals surface area contributed by atoms with Gasteiger partial charge in [-0.2, -0.15) is 0 Å². The van der Waals surface area contributed by atoms with Crippen molar-refractivity contribution in [3.8, 4) is 5.75 Å². The Morgan fingerprint density at radius 2 is 2.12 bits per heavy atom. The van der Waals surface area contributed by atoms with E-state index in [1.54, 1.807) is 0 Å². The third kappa shape index (κ3) is 4.94. The molecule has 3 nitrogen and oxygen atoms in total. The largest absolute Gasteiger partial charge is 0.467 e. The molecular formula is C13H20ClNO2. The Hall–Kier alpha value is -0.770. The monoisotopic (exact) mass is 257 g/mol. The van der Waals surface area contributed by atoms with Gasteiger partial charge >= 0.3 is 0 Å². The Morgan fingerprint density at radius 1 is 1.35 bits per heavy atom. The fraction of sp³-hybridized carbons (Fsp3) is 0.538. The molecular weight excluding hydrogens is 238 g/mol. The van der Waals surface area contributed by atoms with Crippen LogP contribution in [0.25, 0.3) is 0 Å². The molecule has 96 valence electrons. The van der Waals surface area contributed by atoms with Crippen LogP contribution in [0.3, 0.4) is 0 Å². The van der Waals surface area contributed by atoms with E-state index in [1.165, 1.54) is 0 Å². The molecule has 0 bridgehead atoms. The van der Waals surface area contributed by atoms with Gasteiger partial charge in [0.25, 0.3) is 0 Å². The van der Waals surface area contributed by atoms with Crippen LogP contribution < -0.4 is 10.1 Å². The second-order valence-electron chi connectivity index (χ2n) is 4.01. The van der Waals surface area contributed by atoms with Gasteiger partial charge in [0.1, 0.15) is 5.75 Å². The molecule has 1 aromatic carbocycles. The summed E-state index contributed by atoms with van der Waals surface area (Å²) in [6.45, 7) is 7.71. The van der Waals surface area contributed by atoms with Crippen LogP contribution in [-0.4, -0.2) is 19.4 Å². The average molecular weight is 258 g/mol. The fourth-order valence-corrected chi connectivity index (χ4v) is 1.57. The van der Waals surface area contributed by atoms with Gasteiger partial charge in [-0.3, -0.25) is 0 Å². The summed E-state index contributed by atoms with van der Waals surface area (Å²) in [7, 11) is 0. The molecule has 1 N–H and O–H groups in total. The van der Waals surface area contributed by atoms with E-state index in [2.05, 4.69) is 19.2 Å². The van der Waals surface area contributed by atoms with E-state index >= 15 is 0 Å². The van der Waals surface area contributed by atoms with Crippen LogP contribution in [0.4, 0.5) is 0 Å². The Labute approximate surface area is 108 Å². The molecule has 4 heteroatoms. The van der Waals surface area contributed by atoms with Gasteiger partial charge in [-0.1, -0.05) is 31.5 Å². The maximum absolute atomic E-state index is 6.16. The molecule has 0 amide bonds. The van der Waals surface area contributed by atoms with E-state index in [4.69, 9.17) is 21.1 Å². The van der Waals surface area contributed by atoms with Gasteiger partial charge in [0.05, 0.1) is 0 Å². The zero-order valence-corrected chi connectivity index (χ0v) is 11.4. The third-order valence-electron chi connectivity index (χ3n) is 2.26. The molecule has 0 spiro atoms. The van der Waals surface area contributed by atoms with E-state index in [9.17, 15) is 0 Å². The van der Waals surface area contributed by atoms with Gasteiger partial charge in [-0.05, 0) is 19.1 Å². The molecule has 0 aliphatic heterocycles. The first kappa shape index (κ1) is 14.3. The minimum Gasteiger partial charge on any atom is -0.467 e. The predicted molar refractivity (Wildman–Crippen MR) is 70.5 cm³/mol. The molecule has 0 fully saturated rings. The number of hydrogen-bond donors (Lipinski definition) is 1. The van der Waals surface area contributed by atoms with E-state index in [0.717, 1.165) is 11.3 Å². The van der Waals surface area contributed by atoms with Crippen LogP contribution in [0.15, 0.2) is 18.2 Å². The summed E-state index contributed by atoms with van der Waals surface area (Å²) in [6.07, 6.45) is 0. The van der Waals surface area contributed by atoms with Gasteiger partial charge in [0.2, 0.25) is 0 Å². The number of benzene rings is 1. The van der Waals surface area contributed by atoms with Crippen molar-refractivity contribution in [3.05, 3.63) is 28.8 Å². The molecule has 0 unspecified atom stereocenters. The molecule has 1 rings (SSSR count). The molecule has 0 saturated heterocycles. The highest BCUT2D eigenvalue weighted by atomic mass is 35.5. The summed E-state index contributed by atoms with van der Waals surface area (Å²) in [4.78, 5) is 0. The van der Waals surface area contributed by atoms with Gasteiger partial charge in [-0.15, -0.1) is 0 Å². The lowest BCUT2D eigenvalue weighted by Gasteiger charge is -2.14. The lowest BCUT2D eigenvalue weighted by Crippen LogP contribution is -2.22. The minimum absolute atomic E-state index is 0.255. The molecule has 17 heavy (non-hydrogen) atoms. The lowest BCUT2D eigenvalue weighted by molar-refractivity contribution is 0.0218. The quantitative estimate of drug-likeness (QED) is 0.601. The predicted octanol–water partition coefficient (Wildman–Crippen LogP) is 3.21. The maximum Gasteiger partial charge on any atom is 0.189 e. The first-order valence-corrected chi connectivity index (χ1v) is 6.24. The third-order valence-corrected chi connectivity index (χ3v) is 2.62. The van der Waals surface area contributed by atoms with E-state index in [1.807, 2.05) is 25.1 Å². The Morgan fingerprint density at radius 3 is 2.76 bits per heavy atom. The highest BCUT2D eigenvalue weighted by Gasteiger charge is 2.08. The van der Waals surface area contributed by atoms with Crippen molar-refractivity contribution >= 4 is 11.6 Å². The summed E-state index contributed by atoms with van der Waals surface area (Å²) in [5.41, 5.74) is 0.975. The van der Waals surface area contributed by atoms with Crippen molar-refractivity contribution < 1.29 is 9.47 Å². The fourth-order valence-electron chi connectivity index (χ4n) is 1.34. The maximum atomic E-state index is 6.16. The minimum atomic E-state index is 0.255. The van der Waals surface area contributed by atoms with Crippen LogP contribution in [-0.2, 0) is 11.3 Å². The molecule has 0 aromatic heterocycles. The van der Waals surface area contributed by atoms with E-state index in [0.29, 0.717) is 24.2 Å². The Bertz CT molecular complexity index is 342. The van der Waals surface area contributed by atoms with Crippen LogP contribution >= 0.6 is 11.6 Å². The van der Waals surface area contributed by atoms with Crippen LogP contribution in [0.2, 0.25) is 5.02 Å². The van der Waals surface area contributed by atoms with Crippen LogP contribution in [0, 0.1) is 0 Å². The van der Waals surface area contributed by atoms with Crippen molar-refractivity contribution in [1.29, 1.82) is 0 Å². The number of hydrogen-bond acceptors (Lipinski definition) is 3. The number of ether oxygens (including phenoxy) is 2. The SMILES string of the molecule is CCOCOc1cccc(Cl)c1CNC(C)C. The highest BCUT2D eigenvalue weighted by Crippen LogP contribution is 2.26. The first-order valence-electron chi connectivity index (χ1n) is 5.86. The summed E-state index contributed by atoms with van der Waals surface area (Å²) < 4.78 is 10.7. The van der Waals surface area contributed by atoms with Crippen LogP contribution in [0.5, 0.6) is 5.75 Å². The number of halogens is 1. The van der Waals surface area contributed by atoms with Gasteiger partial charge in [0, 0.05) is 29.8 Å². The van der Waals surface area contributed by atoms with Crippen molar-refractivity contribution in [2.75, 3.05) is 13.4 Å². The van der Waals surface area contributed by atoms with Crippen molar-refractivity contribution in [2.24, 2.45) is 0 Å². The standard InChI is InChI=1S/C13H20ClNO2/c1-4-16-9-17-13-7-5-6-12(14)11(13)8-15-10(2)3/h5-7,10,15H,4,8-9H2,1-3H3. The Kier molecular flexibility index (Phi) is 6.34. The second kappa shape index (κ2) is 7.54. The topological polar surface area (TPSA) is 30.5 Å². The average Bonchev–Trinajstić information content (AvgIpc) is 2.28. The van der Waals surface area contributed by atoms with E-state index in [-0.39, 0.29) is 6.79 Å². The lowest BCUT2D eigenvalue weighted by atomic mass is 10.2. The van der Waals surface area contributed by atoms with Crippen molar-refractivity contribution in [2.45, 2.75) is 33.4 Å². The zero-order chi connectivity index (χ0) is 12.7. The first-order chi connectivity index (χ1) is 8.15. The molecule has 0 atom stereocenters. The van der Waals surface area contributed by atoms with Crippen LogP contribution in [0.1, 0.15) is 26.3 Å². The summed E-state index contributed by atoms with van der Waals surface area (Å²) in [6, 6.07) is 6.06. The molecule has 1 aromatic rings. The van der Waals surface area contributed by atoms with E-state index < -0.39 is 0 Å². The summed E-state index contributed by atoms with van der Waals surface area (Å²) in [5.74, 6) is 0.777. The highest BCUT2D eigenvalue weighted by molar-refractivity contribution is 6.31. The van der Waals surface area contributed by atoms with Gasteiger partial charge in [0.15, 0.2) is 6.79 Å². The molecule has 0 heterocycles.